The zero-order valence-corrected chi connectivity index (χ0v) is 12.0. The molecule has 0 unspecified atom stereocenters. The molecular weight excluding hydrogens is 240 g/mol. The monoisotopic (exact) mass is 258 g/mol. The molecule has 4 rings (SSSR count). The summed E-state index contributed by atoms with van der Waals surface area (Å²) in [6.07, 6.45) is 2.19. The van der Waals surface area contributed by atoms with Crippen LogP contribution in [-0.2, 0) is 12.8 Å². The molecule has 0 atom stereocenters. The van der Waals surface area contributed by atoms with Gasteiger partial charge in [-0.1, -0.05) is 62.4 Å². The molecule has 0 nitrogen and oxygen atoms in total. The van der Waals surface area contributed by atoms with Gasteiger partial charge in [0.25, 0.3) is 0 Å². The van der Waals surface area contributed by atoms with Crippen LogP contribution in [0.4, 0.5) is 0 Å². The second-order valence-corrected chi connectivity index (χ2v) is 5.55. The molecule has 0 spiro atoms. The molecule has 0 saturated heterocycles. The first-order valence-electron chi connectivity index (χ1n) is 7.52. The Morgan fingerprint density at radius 2 is 1.15 bits per heavy atom. The first-order valence-corrected chi connectivity index (χ1v) is 7.52. The van der Waals surface area contributed by atoms with E-state index in [0.717, 1.165) is 12.8 Å². The van der Waals surface area contributed by atoms with E-state index in [-0.39, 0.29) is 0 Å². The van der Waals surface area contributed by atoms with Crippen molar-refractivity contribution in [1.82, 2.24) is 0 Å². The van der Waals surface area contributed by atoms with Crippen LogP contribution in [0.2, 0.25) is 0 Å². The van der Waals surface area contributed by atoms with Crippen LogP contribution in [0.5, 0.6) is 0 Å². The van der Waals surface area contributed by atoms with Gasteiger partial charge in [0.2, 0.25) is 0 Å². The minimum atomic E-state index is 1.09. The SMILES string of the molecule is CCc1ccc(CC)c2c1-c1cccc3cccc-2c13. The number of benzene rings is 3. The van der Waals surface area contributed by atoms with Crippen LogP contribution in [0, 0.1) is 0 Å². The Balaban J connectivity index is 2.23. The van der Waals surface area contributed by atoms with Crippen LogP contribution >= 0.6 is 0 Å². The standard InChI is InChI=1S/C20H18/c1-3-13-11-12-14(4-2)20-17-10-6-8-15-7-5-9-16(18(15)17)19(13)20/h5-12H,3-4H2,1-2H3. The zero-order valence-electron chi connectivity index (χ0n) is 12.0. The average molecular weight is 258 g/mol. The van der Waals surface area contributed by atoms with Crippen molar-refractivity contribution < 1.29 is 0 Å². The molecule has 0 heterocycles. The minimum absolute atomic E-state index is 1.09. The maximum absolute atomic E-state index is 2.32. The summed E-state index contributed by atoms with van der Waals surface area (Å²) in [5, 5.41) is 2.81. The van der Waals surface area contributed by atoms with E-state index in [1.165, 1.54) is 44.2 Å². The molecule has 0 radical (unpaired) electrons. The van der Waals surface area contributed by atoms with Crippen molar-refractivity contribution in [2.75, 3.05) is 0 Å². The molecule has 20 heavy (non-hydrogen) atoms. The molecule has 3 aromatic carbocycles. The summed E-state index contributed by atoms with van der Waals surface area (Å²) in [6.45, 7) is 4.51. The summed E-state index contributed by atoms with van der Waals surface area (Å²) < 4.78 is 0. The van der Waals surface area contributed by atoms with Gasteiger partial charge < -0.3 is 0 Å². The highest BCUT2D eigenvalue weighted by atomic mass is 14.3. The first kappa shape index (κ1) is 11.7. The van der Waals surface area contributed by atoms with Gasteiger partial charge in [-0.25, -0.2) is 0 Å². The maximum atomic E-state index is 2.32. The minimum Gasteiger partial charge on any atom is -0.0613 e. The molecule has 0 saturated carbocycles. The Kier molecular flexibility index (Phi) is 2.47. The van der Waals surface area contributed by atoms with E-state index >= 15 is 0 Å². The molecule has 0 aliphatic heterocycles. The van der Waals surface area contributed by atoms with E-state index in [2.05, 4.69) is 62.4 Å². The summed E-state index contributed by atoms with van der Waals surface area (Å²) in [5.74, 6) is 0. The lowest BCUT2D eigenvalue weighted by molar-refractivity contribution is 1.11. The van der Waals surface area contributed by atoms with Crippen molar-refractivity contribution in [2.24, 2.45) is 0 Å². The van der Waals surface area contributed by atoms with Gasteiger partial charge in [0, 0.05) is 0 Å². The average Bonchev–Trinajstić information content (AvgIpc) is 2.85. The highest BCUT2D eigenvalue weighted by Gasteiger charge is 2.24. The number of fused-ring (bicyclic) bond motifs is 3. The highest BCUT2D eigenvalue weighted by Crippen LogP contribution is 2.50. The maximum Gasteiger partial charge on any atom is -0.00262 e. The van der Waals surface area contributed by atoms with Crippen molar-refractivity contribution in [1.29, 1.82) is 0 Å². The Morgan fingerprint density at radius 3 is 1.60 bits per heavy atom. The lowest BCUT2D eigenvalue weighted by Crippen LogP contribution is -1.92. The van der Waals surface area contributed by atoms with Gasteiger partial charge in [-0.2, -0.15) is 0 Å². The lowest BCUT2D eigenvalue weighted by Gasteiger charge is -2.12. The third-order valence-electron chi connectivity index (χ3n) is 4.58. The third-order valence-corrected chi connectivity index (χ3v) is 4.58. The summed E-state index contributed by atoms with van der Waals surface area (Å²) >= 11 is 0. The normalized spacial score (nSPS) is 11.9. The fourth-order valence-corrected chi connectivity index (χ4v) is 3.65. The van der Waals surface area contributed by atoms with E-state index in [1.807, 2.05) is 0 Å². The summed E-state index contributed by atoms with van der Waals surface area (Å²) in [7, 11) is 0. The van der Waals surface area contributed by atoms with Gasteiger partial charge in [-0.05, 0) is 57.0 Å². The molecule has 3 aromatic rings. The molecule has 1 aliphatic carbocycles. The number of aryl methyl sites for hydroxylation is 2. The van der Waals surface area contributed by atoms with Crippen LogP contribution in [0.1, 0.15) is 25.0 Å². The van der Waals surface area contributed by atoms with Crippen LogP contribution in [0.15, 0.2) is 48.5 Å². The van der Waals surface area contributed by atoms with Crippen molar-refractivity contribution in [3.05, 3.63) is 59.7 Å². The first-order chi connectivity index (χ1) is 9.85. The van der Waals surface area contributed by atoms with Crippen molar-refractivity contribution in [3.8, 4) is 22.3 Å². The van der Waals surface area contributed by atoms with Gasteiger partial charge in [-0.3, -0.25) is 0 Å². The molecule has 0 aromatic heterocycles. The highest BCUT2D eigenvalue weighted by molar-refractivity contribution is 6.16. The van der Waals surface area contributed by atoms with E-state index in [0.29, 0.717) is 0 Å². The molecule has 0 bridgehead atoms. The fourth-order valence-electron chi connectivity index (χ4n) is 3.65. The van der Waals surface area contributed by atoms with E-state index in [9.17, 15) is 0 Å². The smallest absolute Gasteiger partial charge is 0.00262 e. The van der Waals surface area contributed by atoms with E-state index in [4.69, 9.17) is 0 Å². The molecular formula is C20H18. The van der Waals surface area contributed by atoms with Gasteiger partial charge in [-0.15, -0.1) is 0 Å². The summed E-state index contributed by atoms with van der Waals surface area (Å²) in [4.78, 5) is 0. The molecule has 0 amide bonds. The molecule has 98 valence electrons. The molecule has 0 N–H and O–H groups in total. The zero-order chi connectivity index (χ0) is 13.7. The van der Waals surface area contributed by atoms with Gasteiger partial charge in [0.1, 0.15) is 0 Å². The summed E-state index contributed by atoms with van der Waals surface area (Å²) in [5.41, 5.74) is 8.78. The number of hydrogen-bond acceptors (Lipinski definition) is 0. The number of hydrogen-bond donors (Lipinski definition) is 0. The quantitative estimate of drug-likeness (QED) is 0.438. The van der Waals surface area contributed by atoms with Crippen molar-refractivity contribution in [3.63, 3.8) is 0 Å². The largest absolute Gasteiger partial charge is 0.0613 e. The second-order valence-electron chi connectivity index (χ2n) is 5.55. The predicted octanol–water partition coefficient (Wildman–Crippen LogP) is 5.61. The van der Waals surface area contributed by atoms with Crippen molar-refractivity contribution >= 4 is 10.8 Å². The van der Waals surface area contributed by atoms with Gasteiger partial charge >= 0.3 is 0 Å². The topological polar surface area (TPSA) is 0 Å². The Morgan fingerprint density at radius 1 is 0.650 bits per heavy atom. The molecule has 1 aliphatic rings. The molecule has 0 fully saturated rings. The van der Waals surface area contributed by atoms with Crippen molar-refractivity contribution in [2.45, 2.75) is 26.7 Å². The Bertz CT molecular complexity index is 759. The van der Waals surface area contributed by atoms with Crippen LogP contribution in [0.3, 0.4) is 0 Å². The Labute approximate surface area is 120 Å². The second kappa shape index (κ2) is 4.21. The predicted molar refractivity (Wildman–Crippen MR) is 87.1 cm³/mol. The fraction of sp³-hybridized carbons (Fsp3) is 0.200. The van der Waals surface area contributed by atoms with E-state index < -0.39 is 0 Å². The van der Waals surface area contributed by atoms with E-state index in [1.54, 1.807) is 0 Å². The summed E-state index contributed by atoms with van der Waals surface area (Å²) in [6, 6.07) is 18.1. The third kappa shape index (κ3) is 1.37. The lowest BCUT2D eigenvalue weighted by atomic mass is 9.92. The van der Waals surface area contributed by atoms with Crippen LogP contribution < -0.4 is 0 Å². The Hall–Kier alpha value is -2.08. The van der Waals surface area contributed by atoms with Crippen LogP contribution in [0.25, 0.3) is 33.0 Å². The number of rotatable bonds is 2. The molecule has 0 heteroatoms. The van der Waals surface area contributed by atoms with Gasteiger partial charge in [0.15, 0.2) is 0 Å². The van der Waals surface area contributed by atoms with Crippen LogP contribution in [-0.4, -0.2) is 0 Å². The van der Waals surface area contributed by atoms with Gasteiger partial charge in [0.05, 0.1) is 0 Å².